The average Bonchev–Trinajstić information content (AvgIpc) is 3.17. The van der Waals surface area contributed by atoms with Gasteiger partial charge in [0.1, 0.15) is 5.52 Å². The Morgan fingerprint density at radius 1 is 1.41 bits per heavy atom. The Balaban J connectivity index is 1.82. The zero-order valence-corrected chi connectivity index (χ0v) is 13.4. The molecule has 22 heavy (non-hydrogen) atoms. The number of aryl methyl sites for hydroxylation is 1. The van der Waals surface area contributed by atoms with Gasteiger partial charge in [-0.1, -0.05) is 24.6 Å². The third-order valence-corrected chi connectivity index (χ3v) is 4.63. The van der Waals surface area contributed by atoms with E-state index in [-0.39, 0.29) is 11.9 Å². The molecule has 1 atom stereocenters. The van der Waals surface area contributed by atoms with E-state index in [2.05, 4.69) is 28.6 Å². The molecule has 0 aliphatic rings. The van der Waals surface area contributed by atoms with E-state index < -0.39 is 0 Å². The number of carbonyl (C=O) groups is 1. The van der Waals surface area contributed by atoms with Gasteiger partial charge in [0, 0.05) is 17.5 Å². The molecule has 1 aromatic carbocycles. The summed E-state index contributed by atoms with van der Waals surface area (Å²) in [6, 6.07) is 9.63. The van der Waals surface area contributed by atoms with Crippen molar-refractivity contribution in [3.05, 3.63) is 46.2 Å². The number of amides is 1. The summed E-state index contributed by atoms with van der Waals surface area (Å²) in [5.74, 6) is -0.0700. The van der Waals surface area contributed by atoms with Crippen LogP contribution < -0.4 is 5.32 Å². The normalized spacial score (nSPS) is 12.5. The number of carbonyl (C=O) groups excluding carboxylic acids is 1. The SMILES string of the molecule is CCCC(NC(=O)c1ccc2c(c1)nnn2C)c1cccs1. The molecule has 0 aliphatic carbocycles. The molecule has 0 saturated heterocycles. The number of fused-ring (bicyclic) bond motifs is 1. The highest BCUT2D eigenvalue weighted by molar-refractivity contribution is 7.10. The first-order valence-corrected chi connectivity index (χ1v) is 8.20. The minimum Gasteiger partial charge on any atom is -0.344 e. The van der Waals surface area contributed by atoms with Crippen LogP contribution in [0.2, 0.25) is 0 Å². The molecule has 0 fully saturated rings. The summed E-state index contributed by atoms with van der Waals surface area (Å²) in [6.45, 7) is 2.12. The topological polar surface area (TPSA) is 59.8 Å². The standard InChI is InChI=1S/C16H18N4OS/c1-3-5-12(15-6-4-9-22-15)17-16(21)11-7-8-14-13(10-11)18-19-20(14)2/h4,6-10,12H,3,5H2,1-2H3,(H,17,21). The van der Waals surface area contributed by atoms with Crippen molar-refractivity contribution < 1.29 is 4.79 Å². The summed E-state index contributed by atoms with van der Waals surface area (Å²) >= 11 is 1.67. The van der Waals surface area contributed by atoms with Crippen molar-refractivity contribution >= 4 is 28.3 Å². The molecular formula is C16H18N4OS. The van der Waals surface area contributed by atoms with Gasteiger partial charge in [-0.3, -0.25) is 4.79 Å². The maximum absolute atomic E-state index is 12.5. The van der Waals surface area contributed by atoms with Crippen LogP contribution in [0.3, 0.4) is 0 Å². The molecule has 0 saturated carbocycles. The monoisotopic (exact) mass is 314 g/mol. The molecule has 114 valence electrons. The second kappa shape index (κ2) is 6.27. The van der Waals surface area contributed by atoms with Crippen LogP contribution in [-0.2, 0) is 7.05 Å². The summed E-state index contributed by atoms with van der Waals surface area (Å²) in [5.41, 5.74) is 2.27. The second-order valence-corrected chi connectivity index (χ2v) is 6.23. The minimum atomic E-state index is -0.0700. The molecule has 0 spiro atoms. The Hall–Kier alpha value is -2.21. The zero-order chi connectivity index (χ0) is 15.5. The van der Waals surface area contributed by atoms with Gasteiger partial charge in [0.2, 0.25) is 0 Å². The summed E-state index contributed by atoms with van der Waals surface area (Å²) in [4.78, 5) is 13.7. The largest absolute Gasteiger partial charge is 0.344 e. The minimum absolute atomic E-state index is 0.0649. The van der Waals surface area contributed by atoms with Gasteiger partial charge in [0.15, 0.2) is 0 Å². The van der Waals surface area contributed by atoms with Crippen molar-refractivity contribution in [1.82, 2.24) is 20.3 Å². The average molecular weight is 314 g/mol. The maximum Gasteiger partial charge on any atom is 0.251 e. The molecule has 6 heteroatoms. The lowest BCUT2D eigenvalue weighted by molar-refractivity contribution is 0.0935. The van der Waals surface area contributed by atoms with Gasteiger partial charge < -0.3 is 5.32 Å². The molecule has 2 aromatic heterocycles. The Morgan fingerprint density at radius 3 is 3.00 bits per heavy atom. The molecule has 3 aromatic rings. The van der Waals surface area contributed by atoms with Crippen LogP contribution in [0.4, 0.5) is 0 Å². The number of nitrogens with one attached hydrogen (secondary N) is 1. The molecule has 5 nitrogen and oxygen atoms in total. The van der Waals surface area contributed by atoms with Crippen LogP contribution in [0.1, 0.15) is 41.0 Å². The fourth-order valence-electron chi connectivity index (χ4n) is 2.49. The molecule has 1 unspecified atom stereocenters. The van der Waals surface area contributed by atoms with Gasteiger partial charge in [-0.25, -0.2) is 4.68 Å². The lowest BCUT2D eigenvalue weighted by Crippen LogP contribution is -2.27. The fourth-order valence-corrected chi connectivity index (χ4v) is 3.30. The number of nitrogens with zero attached hydrogens (tertiary/aromatic N) is 3. The van der Waals surface area contributed by atoms with Crippen LogP contribution in [0.5, 0.6) is 0 Å². The first-order chi connectivity index (χ1) is 10.7. The van der Waals surface area contributed by atoms with Crippen molar-refractivity contribution in [2.45, 2.75) is 25.8 Å². The Kier molecular flexibility index (Phi) is 4.20. The first kappa shape index (κ1) is 14.7. The van der Waals surface area contributed by atoms with E-state index in [0.29, 0.717) is 5.56 Å². The number of rotatable bonds is 5. The summed E-state index contributed by atoms with van der Waals surface area (Å²) < 4.78 is 1.70. The van der Waals surface area contributed by atoms with Crippen LogP contribution in [0, 0.1) is 0 Å². The van der Waals surface area contributed by atoms with Crippen LogP contribution in [0.15, 0.2) is 35.7 Å². The smallest absolute Gasteiger partial charge is 0.251 e. The highest BCUT2D eigenvalue weighted by Gasteiger charge is 2.16. The van der Waals surface area contributed by atoms with Crippen molar-refractivity contribution in [2.24, 2.45) is 7.05 Å². The molecule has 1 amide bonds. The van der Waals surface area contributed by atoms with E-state index in [0.717, 1.165) is 23.9 Å². The molecule has 0 aliphatic heterocycles. The number of thiophene rings is 1. The van der Waals surface area contributed by atoms with Gasteiger partial charge in [0.25, 0.3) is 5.91 Å². The van der Waals surface area contributed by atoms with Crippen molar-refractivity contribution in [2.75, 3.05) is 0 Å². The van der Waals surface area contributed by atoms with Gasteiger partial charge >= 0.3 is 0 Å². The number of hydrogen-bond acceptors (Lipinski definition) is 4. The van der Waals surface area contributed by atoms with E-state index in [1.807, 2.05) is 30.6 Å². The molecule has 3 rings (SSSR count). The predicted octanol–water partition coefficient (Wildman–Crippen LogP) is 3.30. The summed E-state index contributed by atoms with van der Waals surface area (Å²) in [5, 5.41) is 13.2. The third-order valence-electron chi connectivity index (χ3n) is 3.64. The molecule has 2 heterocycles. The number of benzene rings is 1. The van der Waals surface area contributed by atoms with E-state index in [1.54, 1.807) is 22.1 Å². The van der Waals surface area contributed by atoms with Crippen molar-refractivity contribution in [3.63, 3.8) is 0 Å². The van der Waals surface area contributed by atoms with Crippen LogP contribution >= 0.6 is 11.3 Å². The van der Waals surface area contributed by atoms with Gasteiger partial charge in [0.05, 0.1) is 11.6 Å². The molecular weight excluding hydrogens is 296 g/mol. The Morgan fingerprint density at radius 2 is 2.27 bits per heavy atom. The summed E-state index contributed by atoms with van der Waals surface area (Å²) in [6.07, 6.45) is 1.95. The van der Waals surface area contributed by atoms with E-state index in [1.165, 1.54) is 4.88 Å². The fraction of sp³-hybridized carbons (Fsp3) is 0.312. The quantitative estimate of drug-likeness (QED) is 0.786. The summed E-state index contributed by atoms with van der Waals surface area (Å²) in [7, 11) is 1.84. The Bertz CT molecular complexity index is 779. The van der Waals surface area contributed by atoms with Gasteiger partial charge in [-0.2, -0.15) is 0 Å². The number of hydrogen-bond donors (Lipinski definition) is 1. The highest BCUT2D eigenvalue weighted by Crippen LogP contribution is 2.24. The third kappa shape index (κ3) is 2.87. The van der Waals surface area contributed by atoms with Crippen molar-refractivity contribution in [3.8, 4) is 0 Å². The lowest BCUT2D eigenvalue weighted by Gasteiger charge is -2.16. The molecule has 0 bridgehead atoms. The van der Waals surface area contributed by atoms with Gasteiger partial charge in [-0.05, 0) is 36.1 Å². The first-order valence-electron chi connectivity index (χ1n) is 7.32. The van der Waals surface area contributed by atoms with E-state index in [9.17, 15) is 4.79 Å². The predicted molar refractivity (Wildman–Crippen MR) is 87.9 cm³/mol. The number of aromatic nitrogens is 3. The Labute approximate surface area is 133 Å². The second-order valence-electron chi connectivity index (χ2n) is 5.25. The van der Waals surface area contributed by atoms with Crippen LogP contribution in [-0.4, -0.2) is 20.9 Å². The van der Waals surface area contributed by atoms with Gasteiger partial charge in [-0.15, -0.1) is 16.4 Å². The van der Waals surface area contributed by atoms with Crippen LogP contribution in [0.25, 0.3) is 11.0 Å². The molecule has 1 N–H and O–H groups in total. The van der Waals surface area contributed by atoms with E-state index >= 15 is 0 Å². The maximum atomic E-state index is 12.5. The van der Waals surface area contributed by atoms with E-state index in [4.69, 9.17) is 0 Å². The molecule has 0 radical (unpaired) electrons. The van der Waals surface area contributed by atoms with Crippen molar-refractivity contribution in [1.29, 1.82) is 0 Å². The lowest BCUT2D eigenvalue weighted by atomic mass is 10.1. The zero-order valence-electron chi connectivity index (χ0n) is 12.6. The highest BCUT2D eigenvalue weighted by atomic mass is 32.1.